The lowest BCUT2D eigenvalue weighted by molar-refractivity contribution is -0.133. The van der Waals surface area contributed by atoms with Crippen molar-refractivity contribution in [3.05, 3.63) is 10.6 Å². The lowest BCUT2D eigenvalue weighted by Gasteiger charge is -2.41. The number of nitrogens with zero attached hydrogens (tertiary/aromatic N) is 4. The highest BCUT2D eigenvalue weighted by molar-refractivity contribution is 7.15. The van der Waals surface area contributed by atoms with E-state index in [-0.39, 0.29) is 6.09 Å². The van der Waals surface area contributed by atoms with E-state index < -0.39 is 5.60 Å². The highest BCUT2D eigenvalue weighted by atomic mass is 32.1. The number of anilines is 1. The minimum Gasteiger partial charge on any atom is -0.444 e. The number of hydrogen-bond acceptors (Lipinski definition) is 6. The summed E-state index contributed by atoms with van der Waals surface area (Å²) in [5.41, 5.74) is 0.618. The average molecular weight is 461 g/mol. The number of thiazole rings is 1. The molecule has 0 N–H and O–H groups in total. The van der Waals surface area contributed by atoms with Crippen LogP contribution in [0.5, 0.6) is 0 Å². The molecule has 0 spiro atoms. The molecule has 1 aromatic heterocycles. The maximum atomic E-state index is 12.8. The minimum absolute atomic E-state index is 0.205. The number of ether oxygens (including phenoxy) is 1. The topological polar surface area (TPSA) is 66.0 Å². The Morgan fingerprint density at radius 2 is 1.75 bits per heavy atom. The summed E-state index contributed by atoms with van der Waals surface area (Å²) in [6, 6.07) is 0.600. The first-order chi connectivity index (χ1) is 15.3. The zero-order valence-corrected chi connectivity index (χ0v) is 20.5. The molecule has 1 aromatic rings. The molecular formula is C24H36N4O3S. The summed E-state index contributed by atoms with van der Waals surface area (Å²) >= 11 is 1.80. The first kappa shape index (κ1) is 22.0. The van der Waals surface area contributed by atoms with E-state index in [1.165, 1.54) is 30.6 Å². The van der Waals surface area contributed by atoms with Gasteiger partial charge in [0, 0.05) is 49.4 Å². The summed E-state index contributed by atoms with van der Waals surface area (Å²) in [7, 11) is 0. The summed E-state index contributed by atoms with van der Waals surface area (Å²) in [5, 5.41) is 1.08. The number of fused-ring (bicyclic) bond motifs is 3. The number of amides is 2. The Kier molecular flexibility index (Phi) is 5.84. The maximum absolute atomic E-state index is 12.8. The normalized spacial score (nSPS) is 25.9. The molecule has 2 unspecified atom stereocenters. The fourth-order valence-corrected chi connectivity index (χ4v) is 6.99. The van der Waals surface area contributed by atoms with E-state index in [9.17, 15) is 9.59 Å². The van der Waals surface area contributed by atoms with Crippen LogP contribution in [-0.2, 0) is 22.5 Å². The van der Waals surface area contributed by atoms with Crippen LogP contribution in [0.1, 0.15) is 76.3 Å². The maximum Gasteiger partial charge on any atom is 0.410 e. The van der Waals surface area contributed by atoms with Gasteiger partial charge in [0.15, 0.2) is 5.13 Å². The predicted molar refractivity (Wildman–Crippen MR) is 125 cm³/mol. The van der Waals surface area contributed by atoms with Gasteiger partial charge >= 0.3 is 6.09 Å². The van der Waals surface area contributed by atoms with Crippen LogP contribution in [0.3, 0.4) is 0 Å². The van der Waals surface area contributed by atoms with E-state index in [0.717, 1.165) is 36.6 Å². The number of rotatable bonds is 3. The molecule has 7 nitrogen and oxygen atoms in total. The molecule has 32 heavy (non-hydrogen) atoms. The van der Waals surface area contributed by atoms with Crippen molar-refractivity contribution in [3.8, 4) is 0 Å². The van der Waals surface area contributed by atoms with Crippen LogP contribution in [-0.4, -0.2) is 64.1 Å². The highest BCUT2D eigenvalue weighted by Gasteiger charge is 2.44. The van der Waals surface area contributed by atoms with Crippen LogP contribution in [0.4, 0.5) is 9.93 Å². The smallest absolute Gasteiger partial charge is 0.410 e. The van der Waals surface area contributed by atoms with Crippen LogP contribution in [0.2, 0.25) is 0 Å². The molecule has 1 aliphatic carbocycles. The van der Waals surface area contributed by atoms with Gasteiger partial charge in [-0.25, -0.2) is 9.78 Å². The quantitative estimate of drug-likeness (QED) is 0.676. The van der Waals surface area contributed by atoms with E-state index in [1.54, 1.807) is 11.3 Å². The van der Waals surface area contributed by atoms with Gasteiger partial charge in [-0.3, -0.25) is 4.79 Å². The number of hydrogen-bond donors (Lipinski definition) is 0. The SMILES string of the molecule is CC(C)(C)OC(=O)N1CC2CCC(C1)N2c1nc2c(s1)CCN(C(=O)CC1CCCC1)C2. The summed E-state index contributed by atoms with van der Waals surface area (Å²) in [4.78, 5) is 38.1. The van der Waals surface area contributed by atoms with Crippen LogP contribution < -0.4 is 4.90 Å². The number of carbonyl (C=O) groups is 2. The number of piperazine rings is 1. The monoisotopic (exact) mass is 460 g/mol. The summed E-state index contributed by atoms with van der Waals surface area (Å²) < 4.78 is 5.61. The van der Waals surface area contributed by atoms with Crippen molar-refractivity contribution in [2.75, 3.05) is 24.5 Å². The van der Waals surface area contributed by atoms with Crippen molar-refractivity contribution in [1.82, 2.24) is 14.8 Å². The molecule has 0 radical (unpaired) electrons. The van der Waals surface area contributed by atoms with Crippen molar-refractivity contribution in [2.24, 2.45) is 5.92 Å². The second-order valence-corrected chi connectivity index (χ2v) is 12.0. The lowest BCUT2D eigenvalue weighted by Crippen LogP contribution is -2.56. The molecule has 8 heteroatoms. The first-order valence-electron chi connectivity index (χ1n) is 12.3. The number of likely N-dealkylation sites (tertiary alicyclic amines) is 1. The Labute approximate surface area is 195 Å². The Bertz CT molecular complexity index is 859. The fourth-order valence-electron chi connectivity index (χ4n) is 5.79. The van der Waals surface area contributed by atoms with Gasteiger partial charge in [-0.15, -0.1) is 11.3 Å². The van der Waals surface area contributed by atoms with Gasteiger partial charge in [0.05, 0.1) is 12.2 Å². The molecule has 2 amide bonds. The Morgan fingerprint density at radius 1 is 1.06 bits per heavy atom. The molecule has 2 saturated heterocycles. The Hall–Kier alpha value is -1.83. The molecule has 5 rings (SSSR count). The van der Waals surface area contributed by atoms with E-state index in [0.29, 0.717) is 50.0 Å². The van der Waals surface area contributed by atoms with Gasteiger partial charge in [0.2, 0.25) is 5.91 Å². The average Bonchev–Trinajstić information content (AvgIpc) is 3.43. The van der Waals surface area contributed by atoms with E-state index >= 15 is 0 Å². The second-order valence-electron chi connectivity index (χ2n) is 11.0. The van der Waals surface area contributed by atoms with Crippen molar-refractivity contribution in [2.45, 2.75) is 96.4 Å². The van der Waals surface area contributed by atoms with Crippen molar-refractivity contribution >= 4 is 28.5 Å². The predicted octanol–water partition coefficient (Wildman–Crippen LogP) is 4.20. The molecule has 176 valence electrons. The minimum atomic E-state index is -0.470. The number of aromatic nitrogens is 1. The lowest BCUT2D eigenvalue weighted by atomic mass is 10.0. The van der Waals surface area contributed by atoms with Crippen LogP contribution >= 0.6 is 11.3 Å². The van der Waals surface area contributed by atoms with Crippen molar-refractivity contribution in [3.63, 3.8) is 0 Å². The largest absolute Gasteiger partial charge is 0.444 e. The summed E-state index contributed by atoms with van der Waals surface area (Å²) in [6.07, 6.45) is 8.57. The van der Waals surface area contributed by atoms with Crippen LogP contribution in [0.25, 0.3) is 0 Å². The summed E-state index contributed by atoms with van der Waals surface area (Å²) in [5.74, 6) is 0.898. The standard InChI is InChI=1S/C24H36N4O3S/c1-24(2,3)31-23(30)27-13-17-8-9-18(14-27)28(17)22-25-19-15-26(11-10-20(19)32-22)21(29)12-16-6-4-5-7-16/h16-18H,4-15H2,1-3H3. The van der Waals surface area contributed by atoms with Crippen molar-refractivity contribution in [1.29, 1.82) is 0 Å². The van der Waals surface area contributed by atoms with Gasteiger partial charge in [0.25, 0.3) is 0 Å². The molecule has 1 saturated carbocycles. The molecule has 0 aromatic carbocycles. The molecular weight excluding hydrogens is 424 g/mol. The molecule has 4 aliphatic rings. The Balaban J connectivity index is 1.23. The fraction of sp³-hybridized carbons (Fsp3) is 0.792. The molecule has 3 aliphatic heterocycles. The van der Waals surface area contributed by atoms with Crippen LogP contribution in [0, 0.1) is 5.92 Å². The van der Waals surface area contributed by atoms with Gasteiger partial charge < -0.3 is 19.4 Å². The Morgan fingerprint density at radius 3 is 2.41 bits per heavy atom. The van der Waals surface area contributed by atoms with Crippen molar-refractivity contribution < 1.29 is 14.3 Å². The van der Waals surface area contributed by atoms with E-state index in [2.05, 4.69) is 4.90 Å². The third-order valence-electron chi connectivity index (χ3n) is 7.36. The highest BCUT2D eigenvalue weighted by Crippen LogP contribution is 2.40. The number of carbonyl (C=O) groups excluding carboxylic acids is 2. The first-order valence-corrected chi connectivity index (χ1v) is 13.1. The molecule has 3 fully saturated rings. The molecule has 2 atom stereocenters. The zero-order valence-electron chi connectivity index (χ0n) is 19.6. The van der Waals surface area contributed by atoms with Crippen LogP contribution in [0.15, 0.2) is 0 Å². The van der Waals surface area contributed by atoms with Gasteiger partial charge in [-0.05, 0) is 52.4 Å². The van der Waals surface area contributed by atoms with Gasteiger partial charge in [0.1, 0.15) is 5.60 Å². The second kappa shape index (κ2) is 8.50. The molecule has 2 bridgehead atoms. The van der Waals surface area contributed by atoms with E-state index in [1.807, 2.05) is 30.6 Å². The van der Waals surface area contributed by atoms with Gasteiger partial charge in [-0.2, -0.15) is 0 Å². The third kappa shape index (κ3) is 4.47. The third-order valence-corrected chi connectivity index (χ3v) is 8.53. The molecule has 4 heterocycles. The zero-order chi connectivity index (χ0) is 22.5. The van der Waals surface area contributed by atoms with Gasteiger partial charge in [-0.1, -0.05) is 12.8 Å². The summed E-state index contributed by atoms with van der Waals surface area (Å²) in [6.45, 7) is 8.61. The van der Waals surface area contributed by atoms with E-state index in [4.69, 9.17) is 9.72 Å².